The lowest BCUT2D eigenvalue weighted by molar-refractivity contribution is 0.0955. The third-order valence-electron chi connectivity index (χ3n) is 5.68. The number of nitriles is 1. The minimum atomic E-state index is -0.260. The molecular weight excluding hydrogens is 408 g/mol. The number of benzene rings is 4. The SMILES string of the molecule is N#Cc1ccccc1Cn1cc(/C=N\NC(=O)c2ccc3ccccc3c2)c2ccccc21. The zero-order valence-corrected chi connectivity index (χ0v) is 17.8. The van der Waals surface area contributed by atoms with E-state index in [9.17, 15) is 10.1 Å². The Balaban J connectivity index is 1.39. The van der Waals surface area contributed by atoms with E-state index in [1.165, 1.54) is 0 Å². The van der Waals surface area contributed by atoms with Gasteiger partial charge in [-0.2, -0.15) is 10.4 Å². The Labute approximate surface area is 191 Å². The van der Waals surface area contributed by atoms with Crippen LogP contribution in [0.1, 0.15) is 27.0 Å². The predicted molar refractivity (Wildman–Crippen MR) is 131 cm³/mol. The smallest absolute Gasteiger partial charge is 0.271 e. The first-order valence-electron chi connectivity index (χ1n) is 10.6. The quantitative estimate of drug-likeness (QED) is 0.297. The Morgan fingerprint density at radius 1 is 0.939 bits per heavy atom. The van der Waals surface area contributed by atoms with E-state index in [0.29, 0.717) is 17.7 Å². The van der Waals surface area contributed by atoms with Crippen molar-refractivity contribution in [1.82, 2.24) is 9.99 Å². The molecule has 5 rings (SSSR count). The first kappa shape index (κ1) is 20.2. The average Bonchev–Trinajstić information content (AvgIpc) is 3.21. The molecule has 1 aromatic heterocycles. The van der Waals surface area contributed by atoms with E-state index in [0.717, 1.165) is 32.8 Å². The largest absolute Gasteiger partial charge is 0.342 e. The molecule has 5 nitrogen and oxygen atoms in total. The van der Waals surface area contributed by atoms with Crippen LogP contribution in [0.5, 0.6) is 0 Å². The summed E-state index contributed by atoms with van der Waals surface area (Å²) in [6, 6.07) is 31.4. The Morgan fingerprint density at radius 2 is 1.70 bits per heavy atom. The van der Waals surface area contributed by atoms with Gasteiger partial charge in [-0.15, -0.1) is 0 Å². The molecule has 0 spiro atoms. The van der Waals surface area contributed by atoms with Crippen molar-refractivity contribution >= 4 is 33.8 Å². The summed E-state index contributed by atoms with van der Waals surface area (Å²) in [7, 11) is 0. The standard InChI is InChI=1S/C28H20N4O/c29-16-23-9-3-4-10-24(23)18-32-19-25(26-11-5-6-12-27(26)32)17-30-31-28(33)22-14-13-20-7-1-2-8-21(20)15-22/h1-15,17,19H,18H2,(H,31,33)/b30-17-. The maximum absolute atomic E-state index is 12.6. The molecule has 4 aromatic carbocycles. The van der Waals surface area contributed by atoms with Gasteiger partial charge in [0.05, 0.1) is 17.8 Å². The van der Waals surface area contributed by atoms with E-state index in [4.69, 9.17) is 0 Å². The number of hydrazone groups is 1. The molecule has 5 heteroatoms. The molecule has 33 heavy (non-hydrogen) atoms. The third kappa shape index (κ3) is 4.10. The zero-order valence-electron chi connectivity index (χ0n) is 17.8. The van der Waals surface area contributed by atoms with Gasteiger partial charge in [-0.05, 0) is 40.6 Å². The molecule has 0 bridgehead atoms. The second kappa shape index (κ2) is 8.81. The van der Waals surface area contributed by atoms with Gasteiger partial charge in [0, 0.05) is 34.8 Å². The van der Waals surface area contributed by atoms with Gasteiger partial charge in [0.15, 0.2) is 0 Å². The van der Waals surface area contributed by atoms with Crippen LogP contribution in [-0.4, -0.2) is 16.7 Å². The number of rotatable bonds is 5. The van der Waals surface area contributed by atoms with Crippen LogP contribution < -0.4 is 5.43 Å². The van der Waals surface area contributed by atoms with E-state index in [-0.39, 0.29) is 5.91 Å². The Kier molecular flexibility index (Phi) is 5.40. The molecule has 0 atom stereocenters. The van der Waals surface area contributed by atoms with E-state index >= 15 is 0 Å². The molecule has 1 heterocycles. The first-order chi connectivity index (χ1) is 16.2. The monoisotopic (exact) mass is 428 g/mol. The van der Waals surface area contributed by atoms with Gasteiger partial charge in [-0.25, -0.2) is 5.43 Å². The van der Waals surface area contributed by atoms with Gasteiger partial charge in [0.25, 0.3) is 5.91 Å². The normalized spacial score (nSPS) is 11.1. The van der Waals surface area contributed by atoms with Crippen molar-refractivity contribution in [1.29, 1.82) is 5.26 Å². The number of carbonyl (C=O) groups is 1. The van der Waals surface area contributed by atoms with E-state index in [1.807, 2.05) is 91.1 Å². The summed E-state index contributed by atoms with van der Waals surface area (Å²) in [5.41, 5.74) is 6.72. The molecule has 5 aromatic rings. The summed E-state index contributed by atoms with van der Waals surface area (Å²) in [6.07, 6.45) is 3.65. The Bertz CT molecular complexity index is 1560. The number of aromatic nitrogens is 1. The van der Waals surface area contributed by atoms with Gasteiger partial charge in [-0.1, -0.05) is 66.7 Å². The number of amides is 1. The number of hydrogen-bond acceptors (Lipinski definition) is 3. The number of hydrogen-bond donors (Lipinski definition) is 1. The van der Waals surface area contributed by atoms with E-state index in [2.05, 4.69) is 21.2 Å². The van der Waals surface area contributed by atoms with Gasteiger partial charge < -0.3 is 4.57 Å². The maximum Gasteiger partial charge on any atom is 0.271 e. The molecule has 0 aliphatic heterocycles. The fourth-order valence-electron chi connectivity index (χ4n) is 4.02. The molecule has 0 unspecified atom stereocenters. The molecule has 0 saturated carbocycles. The average molecular weight is 428 g/mol. The lowest BCUT2D eigenvalue weighted by atomic mass is 10.1. The number of nitrogens with one attached hydrogen (secondary N) is 1. The van der Waals surface area contributed by atoms with Crippen molar-refractivity contribution in [2.75, 3.05) is 0 Å². The Hall–Kier alpha value is -4.69. The summed E-state index contributed by atoms with van der Waals surface area (Å²) >= 11 is 0. The highest BCUT2D eigenvalue weighted by Crippen LogP contribution is 2.22. The summed E-state index contributed by atoms with van der Waals surface area (Å²) in [4.78, 5) is 12.6. The molecule has 0 fully saturated rings. The molecule has 0 saturated heterocycles. The lowest BCUT2D eigenvalue weighted by Crippen LogP contribution is -2.17. The van der Waals surface area contributed by atoms with Gasteiger partial charge in [-0.3, -0.25) is 4.79 Å². The number of carbonyl (C=O) groups excluding carboxylic acids is 1. The van der Waals surface area contributed by atoms with Crippen LogP contribution in [0.3, 0.4) is 0 Å². The molecule has 0 radical (unpaired) electrons. The van der Waals surface area contributed by atoms with Crippen LogP contribution in [0.25, 0.3) is 21.7 Å². The highest BCUT2D eigenvalue weighted by atomic mass is 16.2. The molecule has 158 valence electrons. The molecule has 1 amide bonds. The minimum Gasteiger partial charge on any atom is -0.342 e. The van der Waals surface area contributed by atoms with Gasteiger partial charge in [0.1, 0.15) is 0 Å². The highest BCUT2D eigenvalue weighted by molar-refractivity contribution is 6.01. The number of para-hydroxylation sites is 1. The van der Waals surface area contributed by atoms with Crippen LogP contribution in [-0.2, 0) is 6.54 Å². The van der Waals surface area contributed by atoms with Crippen molar-refractivity contribution in [2.24, 2.45) is 5.10 Å². The van der Waals surface area contributed by atoms with Crippen molar-refractivity contribution in [2.45, 2.75) is 6.54 Å². The van der Waals surface area contributed by atoms with E-state index in [1.54, 1.807) is 12.3 Å². The molecule has 1 N–H and O–H groups in total. The fourth-order valence-corrected chi connectivity index (χ4v) is 4.02. The van der Waals surface area contributed by atoms with Crippen molar-refractivity contribution in [3.05, 3.63) is 119 Å². The topological polar surface area (TPSA) is 70.2 Å². The van der Waals surface area contributed by atoms with Crippen LogP contribution in [0.2, 0.25) is 0 Å². The van der Waals surface area contributed by atoms with Crippen LogP contribution in [0.4, 0.5) is 0 Å². The zero-order chi connectivity index (χ0) is 22.6. The second-order valence-electron chi connectivity index (χ2n) is 7.76. The van der Waals surface area contributed by atoms with Crippen molar-refractivity contribution in [3.63, 3.8) is 0 Å². The fraction of sp³-hybridized carbons (Fsp3) is 0.0357. The summed E-state index contributed by atoms with van der Waals surface area (Å²) < 4.78 is 2.10. The maximum atomic E-state index is 12.6. The lowest BCUT2D eigenvalue weighted by Gasteiger charge is -2.07. The predicted octanol–water partition coefficient (Wildman–Crippen LogP) is 5.48. The number of nitrogens with zero attached hydrogens (tertiary/aromatic N) is 3. The minimum absolute atomic E-state index is 0.260. The molecule has 0 aliphatic carbocycles. The molecule has 0 aliphatic rings. The summed E-state index contributed by atoms with van der Waals surface area (Å²) in [5.74, 6) is -0.260. The van der Waals surface area contributed by atoms with E-state index < -0.39 is 0 Å². The van der Waals surface area contributed by atoms with Crippen LogP contribution in [0, 0.1) is 11.3 Å². The summed E-state index contributed by atoms with van der Waals surface area (Å²) in [5, 5.41) is 16.7. The van der Waals surface area contributed by atoms with Gasteiger partial charge >= 0.3 is 0 Å². The van der Waals surface area contributed by atoms with Crippen molar-refractivity contribution < 1.29 is 4.79 Å². The van der Waals surface area contributed by atoms with Crippen LogP contribution in [0.15, 0.2) is 102 Å². The number of fused-ring (bicyclic) bond motifs is 2. The second-order valence-corrected chi connectivity index (χ2v) is 7.76. The Morgan fingerprint density at radius 3 is 2.58 bits per heavy atom. The summed E-state index contributed by atoms with van der Waals surface area (Å²) in [6.45, 7) is 0.571. The van der Waals surface area contributed by atoms with Crippen molar-refractivity contribution in [3.8, 4) is 6.07 Å². The molecular formula is C28H20N4O. The third-order valence-corrected chi connectivity index (χ3v) is 5.68. The van der Waals surface area contributed by atoms with Crippen LogP contribution >= 0.6 is 0 Å². The first-order valence-corrected chi connectivity index (χ1v) is 10.6. The van der Waals surface area contributed by atoms with Gasteiger partial charge in [0.2, 0.25) is 0 Å². The highest BCUT2D eigenvalue weighted by Gasteiger charge is 2.10.